The summed E-state index contributed by atoms with van der Waals surface area (Å²) < 4.78 is 0. The van der Waals surface area contributed by atoms with Crippen LogP contribution in [-0.2, 0) is 4.79 Å². The Kier molecular flexibility index (Phi) is 2.44. The molecule has 1 aliphatic heterocycles. The molecule has 0 aromatic heterocycles. The zero-order valence-corrected chi connectivity index (χ0v) is 8.87. The second kappa shape index (κ2) is 3.62. The molecule has 80 valence electrons. The largest absolute Gasteiger partial charge is 0.399 e. The summed E-state index contributed by atoms with van der Waals surface area (Å²) in [5.74, 6) is -0.311. The summed E-state index contributed by atoms with van der Waals surface area (Å²) in [6, 6.07) is 5.02. The number of hydrogen-bond acceptors (Lipinski definition) is 3. The van der Waals surface area contributed by atoms with Crippen LogP contribution in [-0.4, -0.2) is 18.5 Å². The Bertz CT molecular complexity index is 408. The van der Waals surface area contributed by atoms with E-state index in [1.165, 1.54) is 0 Å². The van der Waals surface area contributed by atoms with Gasteiger partial charge in [0.05, 0.1) is 10.7 Å². The van der Waals surface area contributed by atoms with Crippen molar-refractivity contribution in [2.45, 2.75) is 12.5 Å². The average molecular weight is 226 g/mol. The first kappa shape index (κ1) is 10.1. The topological polar surface area (TPSA) is 72.4 Å². The van der Waals surface area contributed by atoms with Crippen LogP contribution in [0.3, 0.4) is 0 Å². The molecule has 4 nitrogen and oxygen atoms in total. The van der Waals surface area contributed by atoms with Crippen molar-refractivity contribution in [3.63, 3.8) is 0 Å². The fraction of sp³-hybridized carbons (Fsp3) is 0.300. The Morgan fingerprint density at radius 2 is 2.27 bits per heavy atom. The van der Waals surface area contributed by atoms with E-state index in [0.29, 0.717) is 10.7 Å². The number of nitrogens with two attached hydrogens (primary N) is 2. The number of amides is 1. The Balaban J connectivity index is 2.27. The molecule has 1 unspecified atom stereocenters. The molecule has 1 aromatic rings. The standard InChI is InChI=1S/C10H12ClN3O/c11-7-5-6(12)1-2-8(7)14-4-3-9(14)10(13)15/h1-2,5,9H,3-4,12H2,(H2,13,15). The third kappa shape index (κ3) is 1.72. The van der Waals surface area contributed by atoms with Crippen molar-refractivity contribution in [3.8, 4) is 0 Å². The summed E-state index contributed by atoms with van der Waals surface area (Å²) >= 11 is 6.03. The van der Waals surface area contributed by atoms with E-state index in [-0.39, 0.29) is 11.9 Å². The fourth-order valence-electron chi connectivity index (χ4n) is 1.73. The maximum atomic E-state index is 11.1. The molecule has 0 radical (unpaired) electrons. The smallest absolute Gasteiger partial charge is 0.240 e. The molecule has 1 aromatic carbocycles. The highest BCUT2D eigenvalue weighted by Gasteiger charge is 2.33. The van der Waals surface area contributed by atoms with E-state index in [1.54, 1.807) is 12.1 Å². The Morgan fingerprint density at radius 3 is 2.73 bits per heavy atom. The van der Waals surface area contributed by atoms with Gasteiger partial charge in [0.1, 0.15) is 6.04 Å². The number of anilines is 2. The highest BCUT2D eigenvalue weighted by atomic mass is 35.5. The van der Waals surface area contributed by atoms with Gasteiger partial charge in [-0.3, -0.25) is 4.79 Å². The average Bonchev–Trinajstić information content (AvgIpc) is 2.06. The van der Waals surface area contributed by atoms with Gasteiger partial charge in [0, 0.05) is 12.2 Å². The molecule has 0 saturated carbocycles. The number of nitrogen functional groups attached to an aromatic ring is 1. The van der Waals surface area contributed by atoms with E-state index in [2.05, 4.69) is 0 Å². The number of primary amides is 1. The van der Waals surface area contributed by atoms with Crippen LogP contribution in [0.25, 0.3) is 0 Å². The number of hydrogen-bond donors (Lipinski definition) is 2. The third-order valence-corrected chi connectivity index (χ3v) is 2.93. The van der Waals surface area contributed by atoms with Crippen molar-refractivity contribution in [1.82, 2.24) is 0 Å². The highest BCUT2D eigenvalue weighted by Crippen LogP contribution is 2.33. The lowest BCUT2D eigenvalue weighted by Gasteiger charge is -2.41. The van der Waals surface area contributed by atoms with Gasteiger partial charge < -0.3 is 16.4 Å². The molecule has 1 amide bonds. The second-order valence-electron chi connectivity index (χ2n) is 3.61. The summed E-state index contributed by atoms with van der Waals surface area (Å²) in [5, 5.41) is 0.556. The van der Waals surface area contributed by atoms with Crippen LogP contribution in [0, 0.1) is 0 Å². The van der Waals surface area contributed by atoms with E-state index in [4.69, 9.17) is 23.1 Å². The molecule has 0 spiro atoms. The summed E-state index contributed by atoms with van der Waals surface area (Å²) in [6.07, 6.45) is 0.788. The summed E-state index contributed by atoms with van der Waals surface area (Å²) in [6.45, 7) is 0.803. The minimum absolute atomic E-state index is 0.230. The van der Waals surface area contributed by atoms with Gasteiger partial charge in [-0.1, -0.05) is 11.6 Å². The minimum Gasteiger partial charge on any atom is -0.399 e. The predicted molar refractivity (Wildman–Crippen MR) is 60.8 cm³/mol. The molecule has 1 saturated heterocycles. The molecule has 1 aliphatic rings. The number of rotatable bonds is 2. The summed E-state index contributed by atoms with van der Waals surface area (Å²) in [7, 11) is 0. The van der Waals surface area contributed by atoms with Crippen molar-refractivity contribution in [3.05, 3.63) is 23.2 Å². The van der Waals surface area contributed by atoms with Gasteiger partial charge in [-0.15, -0.1) is 0 Å². The van der Waals surface area contributed by atoms with Gasteiger partial charge in [0.25, 0.3) is 0 Å². The molecule has 5 heteroatoms. The van der Waals surface area contributed by atoms with Crippen molar-refractivity contribution < 1.29 is 4.79 Å². The molecular formula is C10H12ClN3O. The number of benzene rings is 1. The van der Waals surface area contributed by atoms with Crippen LogP contribution in [0.4, 0.5) is 11.4 Å². The number of carbonyl (C=O) groups excluding carboxylic acids is 1. The summed E-state index contributed by atoms with van der Waals surface area (Å²) in [5.41, 5.74) is 12.3. The number of nitrogens with zero attached hydrogens (tertiary/aromatic N) is 1. The zero-order valence-electron chi connectivity index (χ0n) is 8.11. The first-order valence-electron chi connectivity index (χ1n) is 4.70. The maximum Gasteiger partial charge on any atom is 0.240 e. The molecule has 1 fully saturated rings. The molecule has 15 heavy (non-hydrogen) atoms. The van der Waals surface area contributed by atoms with E-state index < -0.39 is 0 Å². The molecule has 0 bridgehead atoms. The SMILES string of the molecule is NC(=O)C1CCN1c1ccc(N)cc1Cl. The van der Waals surface area contributed by atoms with Crippen LogP contribution in [0.15, 0.2) is 18.2 Å². The van der Waals surface area contributed by atoms with E-state index >= 15 is 0 Å². The number of halogens is 1. The van der Waals surface area contributed by atoms with Gasteiger partial charge in [0.15, 0.2) is 0 Å². The van der Waals surface area contributed by atoms with Gasteiger partial charge >= 0.3 is 0 Å². The number of carbonyl (C=O) groups is 1. The third-order valence-electron chi connectivity index (χ3n) is 2.63. The van der Waals surface area contributed by atoms with Crippen molar-refractivity contribution in [2.24, 2.45) is 5.73 Å². The molecule has 4 N–H and O–H groups in total. The molecule has 1 atom stereocenters. The van der Waals surface area contributed by atoms with Crippen LogP contribution >= 0.6 is 11.6 Å². The lowest BCUT2D eigenvalue weighted by molar-refractivity contribution is -0.120. The van der Waals surface area contributed by atoms with E-state index in [1.807, 2.05) is 11.0 Å². The normalized spacial score (nSPS) is 19.8. The van der Waals surface area contributed by atoms with Gasteiger partial charge in [-0.05, 0) is 24.6 Å². The molecule has 0 aliphatic carbocycles. The zero-order chi connectivity index (χ0) is 11.0. The van der Waals surface area contributed by atoms with Crippen LogP contribution in [0.1, 0.15) is 6.42 Å². The van der Waals surface area contributed by atoms with Crippen LogP contribution < -0.4 is 16.4 Å². The lowest BCUT2D eigenvalue weighted by Crippen LogP contribution is -2.55. The van der Waals surface area contributed by atoms with Gasteiger partial charge in [-0.2, -0.15) is 0 Å². The van der Waals surface area contributed by atoms with Crippen molar-refractivity contribution in [2.75, 3.05) is 17.2 Å². The minimum atomic E-state index is -0.311. The highest BCUT2D eigenvalue weighted by molar-refractivity contribution is 6.33. The Hall–Kier alpha value is -1.42. The first-order valence-corrected chi connectivity index (χ1v) is 5.08. The van der Waals surface area contributed by atoms with Crippen LogP contribution in [0.5, 0.6) is 0 Å². The first-order chi connectivity index (χ1) is 7.09. The monoisotopic (exact) mass is 225 g/mol. The fourth-order valence-corrected chi connectivity index (χ4v) is 2.03. The molecular weight excluding hydrogens is 214 g/mol. The summed E-state index contributed by atoms with van der Waals surface area (Å²) in [4.78, 5) is 12.9. The second-order valence-corrected chi connectivity index (χ2v) is 4.02. The Morgan fingerprint density at radius 1 is 1.53 bits per heavy atom. The molecule has 1 heterocycles. The lowest BCUT2D eigenvalue weighted by atomic mass is 10.0. The van der Waals surface area contributed by atoms with E-state index in [9.17, 15) is 4.79 Å². The van der Waals surface area contributed by atoms with Gasteiger partial charge in [0.2, 0.25) is 5.91 Å². The van der Waals surface area contributed by atoms with E-state index in [0.717, 1.165) is 18.7 Å². The Labute approximate surface area is 92.8 Å². The van der Waals surface area contributed by atoms with Crippen molar-refractivity contribution in [1.29, 1.82) is 0 Å². The maximum absolute atomic E-state index is 11.1. The predicted octanol–water partition coefficient (Wildman–Crippen LogP) is 0.986. The van der Waals surface area contributed by atoms with Crippen molar-refractivity contribution >= 4 is 28.9 Å². The van der Waals surface area contributed by atoms with Crippen LogP contribution in [0.2, 0.25) is 5.02 Å². The molecule has 2 rings (SSSR count). The quantitative estimate of drug-likeness (QED) is 0.738. The van der Waals surface area contributed by atoms with Gasteiger partial charge in [-0.25, -0.2) is 0 Å².